The smallest absolute Gasteiger partial charge is 0.307 e. The predicted molar refractivity (Wildman–Crippen MR) is 117 cm³/mol. The second-order valence-corrected chi connectivity index (χ2v) is 10.4. The first-order chi connectivity index (χ1) is 14.4. The van der Waals surface area contributed by atoms with Crippen LogP contribution in [0.1, 0.15) is 85.5 Å². The minimum Gasteiger partial charge on any atom is -0.481 e. The monoisotopic (exact) mass is 432 g/mol. The molecular formula is C23H32N2O4S. The van der Waals surface area contributed by atoms with Crippen LogP contribution in [0, 0.1) is 17.8 Å². The number of amides is 2. The van der Waals surface area contributed by atoms with Crippen molar-refractivity contribution >= 4 is 34.1 Å². The maximum absolute atomic E-state index is 13.2. The summed E-state index contributed by atoms with van der Waals surface area (Å²) in [6.45, 7) is 2.22. The van der Waals surface area contributed by atoms with E-state index in [1.54, 1.807) is 0 Å². The SMILES string of the molecule is C[C@@H]1CCc2c(sc(NC(=O)[C@@H]3CCCC[C@@H]3C(=O)O)c2C(=O)NC2CCCC2)C1. The van der Waals surface area contributed by atoms with Gasteiger partial charge in [0.25, 0.3) is 5.91 Å². The van der Waals surface area contributed by atoms with Crippen molar-refractivity contribution < 1.29 is 19.5 Å². The minimum atomic E-state index is -0.895. The summed E-state index contributed by atoms with van der Waals surface area (Å²) in [5.74, 6) is -1.82. The Kier molecular flexibility index (Phi) is 6.46. The highest BCUT2D eigenvalue weighted by atomic mass is 32.1. The molecule has 0 saturated heterocycles. The first-order valence-electron chi connectivity index (χ1n) is 11.4. The normalized spacial score (nSPS) is 26.8. The van der Waals surface area contributed by atoms with Crippen LogP contribution in [0.4, 0.5) is 5.00 Å². The Morgan fingerprint density at radius 1 is 0.967 bits per heavy atom. The van der Waals surface area contributed by atoms with E-state index < -0.39 is 17.8 Å². The summed E-state index contributed by atoms with van der Waals surface area (Å²) in [5.41, 5.74) is 1.71. The zero-order valence-electron chi connectivity index (χ0n) is 17.7. The molecule has 0 spiro atoms. The summed E-state index contributed by atoms with van der Waals surface area (Å²) in [6.07, 6.45) is 10.0. The molecule has 1 aromatic heterocycles. The van der Waals surface area contributed by atoms with Gasteiger partial charge in [0.2, 0.25) is 5.91 Å². The lowest BCUT2D eigenvalue weighted by atomic mass is 9.78. The van der Waals surface area contributed by atoms with Crippen molar-refractivity contribution in [2.24, 2.45) is 17.8 Å². The number of fused-ring (bicyclic) bond motifs is 1. The first kappa shape index (κ1) is 21.3. The standard InChI is InChI=1S/C23H32N2O4S/c1-13-10-11-17-18(12-13)30-22(19(17)21(27)24-14-6-2-3-7-14)25-20(26)15-8-4-5-9-16(15)23(28)29/h13-16H,2-12H2,1H3,(H,24,27)(H,25,26)(H,28,29)/t13-,15-,16+/m1/s1. The van der Waals surface area contributed by atoms with Crippen LogP contribution in [-0.4, -0.2) is 28.9 Å². The summed E-state index contributed by atoms with van der Waals surface area (Å²) in [5, 5.41) is 16.3. The summed E-state index contributed by atoms with van der Waals surface area (Å²) in [7, 11) is 0. The third-order valence-corrected chi connectivity index (χ3v) is 8.26. The van der Waals surface area contributed by atoms with Crippen molar-refractivity contribution in [3.05, 3.63) is 16.0 Å². The molecule has 1 aromatic rings. The predicted octanol–water partition coefficient (Wildman–Crippen LogP) is 4.37. The van der Waals surface area contributed by atoms with Gasteiger partial charge in [-0.25, -0.2) is 0 Å². The highest BCUT2D eigenvalue weighted by Crippen LogP contribution is 2.41. The van der Waals surface area contributed by atoms with Crippen LogP contribution in [-0.2, 0) is 22.4 Å². The lowest BCUT2D eigenvalue weighted by Crippen LogP contribution is -2.37. The Hall–Kier alpha value is -1.89. The fraction of sp³-hybridized carbons (Fsp3) is 0.696. The number of hydrogen-bond donors (Lipinski definition) is 3. The molecule has 0 bridgehead atoms. The number of nitrogens with one attached hydrogen (secondary N) is 2. The third kappa shape index (κ3) is 4.41. The lowest BCUT2D eigenvalue weighted by Gasteiger charge is -2.27. The molecule has 2 saturated carbocycles. The average Bonchev–Trinajstić information content (AvgIpc) is 3.34. The number of rotatable bonds is 5. The molecule has 164 valence electrons. The van der Waals surface area contributed by atoms with Crippen molar-refractivity contribution in [3.8, 4) is 0 Å². The fourth-order valence-electron chi connectivity index (χ4n) is 5.35. The number of hydrogen-bond acceptors (Lipinski definition) is 4. The van der Waals surface area contributed by atoms with E-state index in [-0.39, 0.29) is 17.9 Å². The van der Waals surface area contributed by atoms with Crippen LogP contribution in [0.3, 0.4) is 0 Å². The van der Waals surface area contributed by atoms with Crippen molar-refractivity contribution in [2.75, 3.05) is 5.32 Å². The van der Waals surface area contributed by atoms with Gasteiger partial charge >= 0.3 is 5.97 Å². The quantitative estimate of drug-likeness (QED) is 0.644. The molecule has 3 N–H and O–H groups in total. The molecule has 6 nitrogen and oxygen atoms in total. The number of aliphatic carboxylic acids is 1. The molecule has 7 heteroatoms. The van der Waals surface area contributed by atoms with Crippen LogP contribution in [0.2, 0.25) is 0 Å². The molecule has 1 heterocycles. The van der Waals surface area contributed by atoms with Crippen LogP contribution in [0.5, 0.6) is 0 Å². The Labute approximate surface area is 181 Å². The number of carboxylic acid groups (broad SMARTS) is 1. The second-order valence-electron chi connectivity index (χ2n) is 9.34. The molecule has 0 aliphatic heterocycles. The van der Waals surface area contributed by atoms with E-state index in [4.69, 9.17) is 0 Å². The topological polar surface area (TPSA) is 95.5 Å². The number of anilines is 1. The van der Waals surface area contributed by atoms with Gasteiger partial charge in [-0.2, -0.15) is 0 Å². The van der Waals surface area contributed by atoms with Crippen molar-refractivity contribution in [1.29, 1.82) is 0 Å². The first-order valence-corrected chi connectivity index (χ1v) is 12.2. The van der Waals surface area contributed by atoms with E-state index >= 15 is 0 Å². The Morgan fingerprint density at radius 2 is 1.63 bits per heavy atom. The van der Waals surface area contributed by atoms with Gasteiger partial charge < -0.3 is 15.7 Å². The molecule has 2 fully saturated rings. The zero-order valence-corrected chi connectivity index (χ0v) is 18.5. The summed E-state index contributed by atoms with van der Waals surface area (Å²) in [4.78, 5) is 39.1. The van der Waals surface area contributed by atoms with Crippen LogP contribution >= 0.6 is 11.3 Å². The molecule has 0 aromatic carbocycles. The van der Waals surface area contributed by atoms with E-state index in [1.165, 1.54) is 16.2 Å². The number of carbonyl (C=O) groups excluding carboxylic acids is 2. The van der Waals surface area contributed by atoms with Gasteiger partial charge in [0.05, 0.1) is 17.4 Å². The van der Waals surface area contributed by atoms with Crippen molar-refractivity contribution in [1.82, 2.24) is 5.32 Å². The van der Waals surface area contributed by atoms with Crippen LogP contribution in [0.15, 0.2) is 0 Å². The van der Waals surface area contributed by atoms with E-state index in [0.29, 0.717) is 29.3 Å². The molecular weight excluding hydrogens is 400 g/mol. The van der Waals surface area contributed by atoms with Gasteiger partial charge in [-0.3, -0.25) is 14.4 Å². The maximum atomic E-state index is 13.2. The Bertz CT molecular complexity index is 827. The Balaban J connectivity index is 1.59. The molecule has 4 rings (SSSR count). The van der Waals surface area contributed by atoms with Gasteiger partial charge in [-0.05, 0) is 56.4 Å². The van der Waals surface area contributed by atoms with Crippen LogP contribution in [0.25, 0.3) is 0 Å². The molecule has 0 radical (unpaired) electrons. The number of carbonyl (C=O) groups is 3. The summed E-state index contributed by atoms with van der Waals surface area (Å²) < 4.78 is 0. The summed E-state index contributed by atoms with van der Waals surface area (Å²) in [6, 6.07) is 0.217. The minimum absolute atomic E-state index is 0.0809. The highest BCUT2D eigenvalue weighted by molar-refractivity contribution is 7.17. The Morgan fingerprint density at radius 3 is 2.33 bits per heavy atom. The fourth-order valence-corrected chi connectivity index (χ4v) is 6.76. The highest BCUT2D eigenvalue weighted by Gasteiger charge is 2.37. The third-order valence-electron chi connectivity index (χ3n) is 7.09. The van der Waals surface area contributed by atoms with Gasteiger partial charge in [-0.1, -0.05) is 32.6 Å². The van der Waals surface area contributed by atoms with Crippen LogP contribution < -0.4 is 10.6 Å². The molecule has 30 heavy (non-hydrogen) atoms. The van der Waals surface area contributed by atoms with E-state index in [1.807, 2.05) is 0 Å². The lowest BCUT2D eigenvalue weighted by molar-refractivity contribution is -0.147. The zero-order chi connectivity index (χ0) is 21.3. The van der Waals surface area contributed by atoms with Crippen molar-refractivity contribution in [3.63, 3.8) is 0 Å². The van der Waals surface area contributed by atoms with Gasteiger partial charge in [-0.15, -0.1) is 11.3 Å². The second kappa shape index (κ2) is 9.08. The summed E-state index contributed by atoms with van der Waals surface area (Å²) >= 11 is 1.51. The van der Waals surface area contributed by atoms with Gasteiger partial charge in [0.1, 0.15) is 5.00 Å². The van der Waals surface area contributed by atoms with Gasteiger partial charge in [0.15, 0.2) is 0 Å². The van der Waals surface area contributed by atoms with Crippen molar-refractivity contribution in [2.45, 2.75) is 83.6 Å². The average molecular weight is 433 g/mol. The molecule has 3 aliphatic rings. The van der Waals surface area contributed by atoms with E-state index in [0.717, 1.165) is 63.4 Å². The largest absolute Gasteiger partial charge is 0.481 e. The maximum Gasteiger partial charge on any atom is 0.307 e. The number of carboxylic acids is 1. The van der Waals surface area contributed by atoms with E-state index in [9.17, 15) is 19.5 Å². The molecule has 3 aliphatic carbocycles. The molecule has 2 amide bonds. The number of thiophene rings is 1. The molecule has 3 atom stereocenters. The molecule has 0 unspecified atom stereocenters. The van der Waals surface area contributed by atoms with Gasteiger partial charge in [0, 0.05) is 10.9 Å². The van der Waals surface area contributed by atoms with E-state index in [2.05, 4.69) is 17.6 Å².